The summed E-state index contributed by atoms with van der Waals surface area (Å²) < 4.78 is 13.7. The van der Waals surface area contributed by atoms with Crippen molar-refractivity contribution >= 4 is 5.69 Å². The lowest BCUT2D eigenvalue weighted by molar-refractivity contribution is -0.387. The molecule has 0 radical (unpaired) electrons. The number of halogens is 1. The third-order valence-corrected chi connectivity index (χ3v) is 2.78. The van der Waals surface area contributed by atoms with Crippen molar-refractivity contribution in [1.82, 2.24) is 10.2 Å². The maximum absolute atomic E-state index is 13.7. The lowest BCUT2D eigenvalue weighted by Crippen LogP contribution is -2.29. The quantitative estimate of drug-likeness (QED) is 0.458. The second kappa shape index (κ2) is 7.03. The van der Waals surface area contributed by atoms with Gasteiger partial charge in [-0.2, -0.15) is 4.39 Å². The smallest absolute Gasteiger partial charge is 0.305 e. The maximum atomic E-state index is 13.7. The highest BCUT2D eigenvalue weighted by Crippen LogP contribution is 2.19. The van der Waals surface area contributed by atoms with Crippen LogP contribution in [0.4, 0.5) is 10.1 Å². The predicted octanol–water partition coefficient (Wildman–Crippen LogP) is 1.78. The minimum atomic E-state index is -0.751. The topological polar surface area (TPSA) is 58.4 Å². The van der Waals surface area contributed by atoms with E-state index in [0.29, 0.717) is 18.7 Å². The zero-order valence-electron chi connectivity index (χ0n) is 10.6. The molecule has 0 amide bonds. The first-order valence-electron chi connectivity index (χ1n) is 5.87. The molecule has 0 bridgehead atoms. The van der Waals surface area contributed by atoms with Crippen molar-refractivity contribution in [3.8, 4) is 0 Å². The Morgan fingerprint density at radius 1 is 1.50 bits per heavy atom. The third kappa shape index (κ3) is 4.05. The van der Waals surface area contributed by atoms with Crippen LogP contribution in [0.25, 0.3) is 0 Å². The molecular formula is C12H18FN3O2. The van der Waals surface area contributed by atoms with E-state index in [4.69, 9.17) is 0 Å². The number of nitrogens with one attached hydrogen (secondary N) is 1. The Morgan fingerprint density at radius 2 is 2.22 bits per heavy atom. The van der Waals surface area contributed by atoms with E-state index >= 15 is 0 Å². The van der Waals surface area contributed by atoms with E-state index < -0.39 is 16.4 Å². The van der Waals surface area contributed by atoms with Crippen LogP contribution < -0.4 is 5.32 Å². The van der Waals surface area contributed by atoms with Gasteiger partial charge in [0.15, 0.2) is 0 Å². The van der Waals surface area contributed by atoms with Crippen LogP contribution in [0.15, 0.2) is 18.2 Å². The minimum Gasteiger partial charge on any atom is -0.311 e. The molecule has 0 heterocycles. The van der Waals surface area contributed by atoms with Gasteiger partial charge in [0.25, 0.3) is 0 Å². The number of likely N-dealkylation sites (N-methyl/N-ethyl adjacent to an activating group) is 1. The number of nitro groups is 1. The average molecular weight is 255 g/mol. The van der Waals surface area contributed by atoms with Gasteiger partial charge in [-0.25, -0.2) is 0 Å². The van der Waals surface area contributed by atoms with Crippen LogP contribution in [0.1, 0.15) is 12.5 Å². The second-order valence-corrected chi connectivity index (χ2v) is 4.08. The highest BCUT2D eigenvalue weighted by atomic mass is 19.1. The summed E-state index contributed by atoms with van der Waals surface area (Å²) in [6.45, 7) is 4.87. The Bertz CT molecular complexity index is 412. The van der Waals surface area contributed by atoms with Crippen LogP contribution in [-0.4, -0.2) is 36.5 Å². The van der Waals surface area contributed by atoms with Gasteiger partial charge in [-0.3, -0.25) is 10.1 Å². The molecule has 1 N–H and O–H groups in total. The van der Waals surface area contributed by atoms with Gasteiger partial charge >= 0.3 is 5.69 Å². The van der Waals surface area contributed by atoms with Crippen LogP contribution >= 0.6 is 0 Å². The van der Waals surface area contributed by atoms with Gasteiger partial charge in [0, 0.05) is 31.3 Å². The monoisotopic (exact) mass is 255 g/mol. The van der Waals surface area contributed by atoms with E-state index in [0.717, 1.165) is 13.1 Å². The van der Waals surface area contributed by atoms with Crippen molar-refractivity contribution in [2.45, 2.75) is 13.5 Å². The molecule has 0 aromatic heterocycles. The molecule has 0 aliphatic carbocycles. The molecular weight excluding hydrogens is 237 g/mol. The van der Waals surface area contributed by atoms with Crippen molar-refractivity contribution in [3.63, 3.8) is 0 Å². The molecule has 6 heteroatoms. The number of benzene rings is 1. The summed E-state index contributed by atoms with van der Waals surface area (Å²) in [5, 5.41) is 13.6. The largest absolute Gasteiger partial charge is 0.311 e. The van der Waals surface area contributed by atoms with Gasteiger partial charge in [-0.05, 0) is 13.6 Å². The second-order valence-electron chi connectivity index (χ2n) is 4.08. The van der Waals surface area contributed by atoms with Gasteiger partial charge in [-0.1, -0.05) is 19.1 Å². The summed E-state index contributed by atoms with van der Waals surface area (Å²) in [5.74, 6) is -0.751. The molecule has 100 valence electrons. The molecule has 0 fully saturated rings. The Labute approximate surface area is 106 Å². The molecule has 1 rings (SSSR count). The van der Waals surface area contributed by atoms with Crippen molar-refractivity contribution in [3.05, 3.63) is 39.7 Å². The molecule has 5 nitrogen and oxygen atoms in total. The zero-order valence-corrected chi connectivity index (χ0v) is 10.6. The third-order valence-electron chi connectivity index (χ3n) is 2.78. The molecule has 0 saturated heterocycles. The number of rotatable bonds is 7. The standard InChI is InChI=1S/C12H18FN3O2/c1-3-15(2)8-7-14-9-10-5-4-6-11(12(10)13)16(17)18/h4-6,14H,3,7-9H2,1-2H3. The fourth-order valence-electron chi connectivity index (χ4n) is 1.49. The highest BCUT2D eigenvalue weighted by Gasteiger charge is 2.16. The summed E-state index contributed by atoms with van der Waals surface area (Å²) in [4.78, 5) is 12.0. The van der Waals surface area contributed by atoms with Gasteiger partial charge in [0.05, 0.1) is 4.92 Å². The molecule has 0 saturated carbocycles. The SMILES string of the molecule is CCN(C)CCNCc1cccc([N+](=O)[O-])c1F. The summed E-state index contributed by atoms with van der Waals surface area (Å²) in [5.41, 5.74) is -0.150. The van der Waals surface area contributed by atoms with Crippen LogP contribution in [0, 0.1) is 15.9 Å². The van der Waals surface area contributed by atoms with E-state index in [9.17, 15) is 14.5 Å². The van der Waals surface area contributed by atoms with E-state index in [1.807, 2.05) is 7.05 Å². The maximum Gasteiger partial charge on any atom is 0.305 e. The molecule has 1 aromatic carbocycles. The first-order valence-corrected chi connectivity index (χ1v) is 5.87. The molecule has 1 aromatic rings. The lowest BCUT2D eigenvalue weighted by Gasteiger charge is -2.14. The van der Waals surface area contributed by atoms with E-state index in [-0.39, 0.29) is 0 Å². The number of nitrogens with zero attached hydrogens (tertiary/aromatic N) is 2. The Hall–Kier alpha value is -1.53. The highest BCUT2D eigenvalue weighted by molar-refractivity contribution is 5.36. The summed E-state index contributed by atoms with van der Waals surface area (Å²) in [6, 6.07) is 4.22. The lowest BCUT2D eigenvalue weighted by atomic mass is 10.2. The number of nitro benzene ring substituents is 1. The average Bonchev–Trinajstić information content (AvgIpc) is 2.35. The van der Waals surface area contributed by atoms with Crippen LogP contribution in [0.3, 0.4) is 0 Å². The van der Waals surface area contributed by atoms with Crippen molar-refractivity contribution in [1.29, 1.82) is 0 Å². The van der Waals surface area contributed by atoms with Gasteiger partial charge in [0.2, 0.25) is 5.82 Å². The minimum absolute atomic E-state index is 0.297. The number of hydrogen-bond donors (Lipinski definition) is 1. The van der Waals surface area contributed by atoms with Crippen LogP contribution in [0.5, 0.6) is 0 Å². The molecule has 18 heavy (non-hydrogen) atoms. The fourth-order valence-corrected chi connectivity index (χ4v) is 1.49. The van der Waals surface area contributed by atoms with E-state index in [1.165, 1.54) is 12.1 Å². The molecule has 0 unspecified atom stereocenters. The Morgan fingerprint density at radius 3 is 2.83 bits per heavy atom. The summed E-state index contributed by atoms with van der Waals surface area (Å²) >= 11 is 0. The van der Waals surface area contributed by atoms with Gasteiger partial charge in [0.1, 0.15) is 0 Å². The number of hydrogen-bond acceptors (Lipinski definition) is 4. The Kier molecular flexibility index (Phi) is 5.67. The van der Waals surface area contributed by atoms with Crippen LogP contribution in [-0.2, 0) is 6.54 Å². The van der Waals surface area contributed by atoms with Crippen molar-refractivity contribution in [2.75, 3.05) is 26.7 Å². The first-order chi connectivity index (χ1) is 8.56. The summed E-state index contributed by atoms with van der Waals surface area (Å²) in [6.07, 6.45) is 0. The summed E-state index contributed by atoms with van der Waals surface area (Å²) in [7, 11) is 2.00. The molecule has 0 spiro atoms. The molecule has 0 atom stereocenters. The van der Waals surface area contributed by atoms with E-state index in [1.54, 1.807) is 6.07 Å². The molecule has 0 aliphatic heterocycles. The van der Waals surface area contributed by atoms with Gasteiger partial charge < -0.3 is 10.2 Å². The normalized spacial score (nSPS) is 10.9. The first kappa shape index (κ1) is 14.5. The van der Waals surface area contributed by atoms with Gasteiger partial charge in [-0.15, -0.1) is 0 Å². The zero-order chi connectivity index (χ0) is 13.5. The molecule has 0 aliphatic rings. The van der Waals surface area contributed by atoms with E-state index in [2.05, 4.69) is 17.1 Å². The predicted molar refractivity (Wildman–Crippen MR) is 67.9 cm³/mol. The van der Waals surface area contributed by atoms with Crippen molar-refractivity contribution < 1.29 is 9.31 Å². The van der Waals surface area contributed by atoms with Crippen LogP contribution in [0.2, 0.25) is 0 Å². The van der Waals surface area contributed by atoms with Crippen molar-refractivity contribution in [2.24, 2.45) is 0 Å². The Balaban J connectivity index is 2.53. The fraction of sp³-hybridized carbons (Fsp3) is 0.500.